The van der Waals surface area contributed by atoms with Crippen LogP contribution in [0, 0.1) is 6.92 Å². The summed E-state index contributed by atoms with van der Waals surface area (Å²) in [5, 5.41) is 43.6. The largest absolute Gasteiger partial charge is 0.478 e. The number of aromatic carboxylic acids is 2. The summed E-state index contributed by atoms with van der Waals surface area (Å²) >= 11 is 10.3. The first kappa shape index (κ1) is 100. The number of Topliss-reactive ketones (excluding diaryl/α,β-unsaturated/α-hetero) is 2. The van der Waals surface area contributed by atoms with Gasteiger partial charge in [0.1, 0.15) is 11.4 Å². The van der Waals surface area contributed by atoms with Crippen molar-refractivity contribution in [1.29, 1.82) is 0 Å². The molecule has 0 unspecified atom stereocenters. The molecule has 6 aliphatic carbocycles. The van der Waals surface area contributed by atoms with Gasteiger partial charge in [0.15, 0.2) is 17.3 Å². The Balaban J connectivity index is 0.000000161. The summed E-state index contributed by atoms with van der Waals surface area (Å²) in [5.74, 6) is -1.79. The Hall–Kier alpha value is -10.8. The summed E-state index contributed by atoms with van der Waals surface area (Å²) in [4.78, 5) is 69.0. The molecular weight excluding hydrogens is 1800 g/mol. The van der Waals surface area contributed by atoms with E-state index in [2.05, 4.69) is 227 Å². The standard InChI is InChI=1S/C24H26O3.2C22H23NO3.C14H18O.C12H13BrO.C12H15Br.C7H7Br/c1-4-27-23(26)18-10-7-17(8-11-18)9-14-22(25)20-12-13-21-19(16-20)6-5-15-24(21,2)3;2*1-22(2)13-3-4-17-14-18(10-11-19(17)22)20(23-26)12-7-15-5-8-16(9-6-15)21(24)25;1-10(15)11-6-7-13-12(9-11)5-4-8-14(13,2)3;1-12(2)6-5-11(14)9-7-8(13)3-4-10(9)12;1-12(2)7-3-4-9-8-10(13)5-6-11(9)12;1-6-2-4-7(8)5-3-6/h7-14,16H,4-6,15H2,1-3H3;2*5-12,14,26H,3-4,13H2,1-2H3,(H,24,25);6-7,9H,4-5,8H2,1-3H3;3-4,7H,5-6H2,1-2H3;5-6,8H,3-4,7H2,1-2H3;2-5H,1H3/b14-9+;12-7+,23-20?;12-7+,23-20-;;;;. The molecule has 0 amide bonds. The Morgan fingerprint density at radius 2 is 0.659 bits per heavy atom. The van der Waals surface area contributed by atoms with E-state index in [1.165, 1.54) is 136 Å². The number of carboxylic acid groups (broad SMARTS) is 2. The van der Waals surface area contributed by atoms with E-state index in [1.54, 1.807) is 104 Å². The van der Waals surface area contributed by atoms with Gasteiger partial charge in [0.05, 0.1) is 23.3 Å². The lowest BCUT2D eigenvalue weighted by atomic mass is 9.72. The van der Waals surface area contributed by atoms with Crippen LogP contribution in [-0.2, 0) is 69.3 Å². The third-order valence-electron chi connectivity index (χ3n) is 25.9. The number of fused-ring (bicyclic) bond motifs is 6. The second kappa shape index (κ2) is 44.7. The van der Waals surface area contributed by atoms with Crippen molar-refractivity contribution >= 4 is 113 Å². The minimum Gasteiger partial charge on any atom is -0.478 e. The lowest BCUT2D eigenvalue weighted by Gasteiger charge is -2.32. The van der Waals surface area contributed by atoms with Crippen molar-refractivity contribution in [2.75, 3.05) is 6.61 Å². The number of nitrogens with zero attached hydrogens (tertiary/aromatic N) is 2. The topological polar surface area (TPSA) is 217 Å². The third kappa shape index (κ3) is 27.4. The fraction of sp³-hybridized carbons (Fsp3) is 0.345. The number of hydrogen-bond acceptors (Lipinski definition) is 11. The zero-order valence-electron chi connectivity index (χ0n) is 77.5. The number of aryl methyl sites for hydroxylation is 6. The maximum Gasteiger partial charge on any atom is 0.338 e. The minimum absolute atomic E-state index is 0.00403. The van der Waals surface area contributed by atoms with Crippen LogP contribution in [0.2, 0.25) is 0 Å². The van der Waals surface area contributed by atoms with Crippen molar-refractivity contribution in [2.24, 2.45) is 10.3 Å². The monoisotopic (exact) mass is 1920 g/mol. The number of rotatable bonds is 14. The van der Waals surface area contributed by atoms with Gasteiger partial charge in [-0.2, -0.15) is 0 Å². The molecule has 16 heteroatoms. The van der Waals surface area contributed by atoms with Crippen LogP contribution in [-0.4, -0.2) is 73.9 Å². The predicted octanol–water partition coefficient (Wildman–Crippen LogP) is 29.2. The van der Waals surface area contributed by atoms with Crippen molar-refractivity contribution in [1.82, 2.24) is 0 Å². The van der Waals surface area contributed by atoms with Crippen LogP contribution in [0.25, 0.3) is 18.2 Å². The van der Waals surface area contributed by atoms with Crippen LogP contribution in [0.1, 0.15) is 331 Å². The molecule has 16 rings (SSSR count). The highest BCUT2D eigenvalue weighted by Gasteiger charge is 2.34. The summed E-state index contributed by atoms with van der Waals surface area (Å²) in [7, 11) is 0. The summed E-state index contributed by atoms with van der Waals surface area (Å²) in [5.41, 5.74) is 26.5. The van der Waals surface area contributed by atoms with E-state index >= 15 is 0 Å². The maximum atomic E-state index is 12.6. The van der Waals surface area contributed by atoms with E-state index < -0.39 is 11.9 Å². The Labute approximate surface area is 789 Å². The summed E-state index contributed by atoms with van der Waals surface area (Å²) < 4.78 is 8.31. The molecule has 0 aromatic heterocycles. The van der Waals surface area contributed by atoms with Gasteiger partial charge in [-0.3, -0.25) is 14.4 Å². The highest BCUT2D eigenvalue weighted by atomic mass is 79.9. The SMILES string of the molecule is CC(=O)c1ccc2c(c1)CCCC2(C)C.CC1(C)CCC(=O)c2cc(Br)ccc21.CC1(C)CCCc2cc(Br)ccc21.CC1(C)CCCc2cc(C(/C=C/c3ccc(C(=O)O)cc3)=NO)ccc21.CC1(C)CCCc2cc(C(/C=C/c3ccc(C(=O)O)cc3)=N\O)ccc21.CCOC(=O)c1ccc(/C=C/C(=O)c2ccc3c(c2)CCCC3(C)C)cc1.Cc1ccc(Br)cc1. The highest BCUT2D eigenvalue weighted by molar-refractivity contribution is 9.11. The Morgan fingerprint density at radius 3 is 1.02 bits per heavy atom. The van der Waals surface area contributed by atoms with Gasteiger partial charge in [0, 0.05) is 47.7 Å². The normalized spacial score (nSPS) is 16.6. The molecule has 13 nitrogen and oxygen atoms in total. The lowest BCUT2D eigenvalue weighted by Crippen LogP contribution is -2.27. The van der Waals surface area contributed by atoms with E-state index in [0.29, 0.717) is 35.4 Å². The number of carbonyl (C=O) groups excluding carboxylic acids is 4. The van der Waals surface area contributed by atoms with Gasteiger partial charge in [0.2, 0.25) is 0 Å². The number of ketones is 3. The summed E-state index contributed by atoms with van der Waals surface area (Å²) in [6.07, 6.45) is 29.8. The smallest absolute Gasteiger partial charge is 0.338 e. The molecule has 0 spiro atoms. The molecular formula is C113H125Br3N2O11. The van der Waals surface area contributed by atoms with Gasteiger partial charge in [-0.25, -0.2) is 14.4 Å². The van der Waals surface area contributed by atoms with Crippen molar-refractivity contribution < 1.29 is 54.1 Å². The molecule has 6 aliphatic rings. The molecule has 0 radical (unpaired) electrons. The molecule has 0 heterocycles. The van der Waals surface area contributed by atoms with E-state index in [1.807, 2.05) is 78.9 Å². The first-order valence-electron chi connectivity index (χ1n) is 45.0. The van der Waals surface area contributed by atoms with Crippen molar-refractivity contribution in [2.45, 2.75) is 245 Å². The van der Waals surface area contributed by atoms with Crippen molar-refractivity contribution in [3.63, 3.8) is 0 Å². The molecule has 129 heavy (non-hydrogen) atoms. The number of allylic oxidation sites excluding steroid dienone is 3. The molecule has 10 aromatic carbocycles. The van der Waals surface area contributed by atoms with E-state index in [4.69, 9.17) is 14.9 Å². The predicted molar refractivity (Wildman–Crippen MR) is 537 cm³/mol. The van der Waals surface area contributed by atoms with Gasteiger partial charge in [-0.05, 0) is 349 Å². The number of esters is 1. The van der Waals surface area contributed by atoms with Gasteiger partial charge >= 0.3 is 17.9 Å². The van der Waals surface area contributed by atoms with Crippen molar-refractivity contribution in [3.8, 4) is 0 Å². The molecule has 0 fully saturated rings. The number of halogens is 3. The van der Waals surface area contributed by atoms with Gasteiger partial charge < -0.3 is 25.4 Å². The zero-order valence-corrected chi connectivity index (χ0v) is 82.3. The number of benzene rings is 10. The second-order valence-electron chi connectivity index (χ2n) is 38.4. The molecule has 10 aromatic rings. The quantitative estimate of drug-likeness (QED) is 0.0200. The van der Waals surface area contributed by atoms with Crippen LogP contribution in [0.15, 0.2) is 248 Å². The molecule has 0 aliphatic heterocycles. The average molecular weight is 1930 g/mol. The third-order valence-corrected chi connectivity index (χ3v) is 27.4. The molecule has 674 valence electrons. The van der Waals surface area contributed by atoms with Gasteiger partial charge in [-0.15, -0.1) is 0 Å². The fourth-order valence-electron chi connectivity index (χ4n) is 18.2. The highest BCUT2D eigenvalue weighted by Crippen LogP contribution is 2.43. The molecule has 4 N–H and O–H groups in total. The first-order chi connectivity index (χ1) is 61.1. The Kier molecular flexibility index (Phi) is 34.8. The molecule has 0 bridgehead atoms. The fourth-order valence-corrected chi connectivity index (χ4v) is 19.3. The number of oxime groups is 2. The number of ether oxygens (including phenoxy) is 1. The molecule has 0 saturated heterocycles. The molecule has 0 atom stereocenters. The lowest BCUT2D eigenvalue weighted by molar-refractivity contribution is 0.0524. The number of hydrogen-bond donors (Lipinski definition) is 4. The van der Waals surface area contributed by atoms with Gasteiger partial charge in [-0.1, -0.05) is 274 Å². The first-order valence-corrected chi connectivity index (χ1v) is 47.4. The minimum atomic E-state index is -0.949. The number of carbonyl (C=O) groups is 6. The van der Waals surface area contributed by atoms with Crippen molar-refractivity contribution in [3.05, 3.63) is 366 Å². The van der Waals surface area contributed by atoms with Crippen LogP contribution < -0.4 is 0 Å². The van der Waals surface area contributed by atoms with E-state index in [0.717, 1.165) is 85.6 Å². The summed E-state index contributed by atoms with van der Waals surface area (Å²) in [6, 6.07) is 65.9. The second-order valence-corrected chi connectivity index (χ2v) is 41.1. The van der Waals surface area contributed by atoms with Crippen LogP contribution in [0.4, 0.5) is 0 Å². The van der Waals surface area contributed by atoms with E-state index in [9.17, 15) is 39.2 Å². The zero-order chi connectivity index (χ0) is 93.8. The van der Waals surface area contributed by atoms with Crippen LogP contribution >= 0.6 is 47.8 Å². The maximum absolute atomic E-state index is 12.6. The van der Waals surface area contributed by atoms with Crippen LogP contribution in [0.5, 0.6) is 0 Å². The number of carboxylic acids is 2. The molecule has 0 saturated carbocycles. The van der Waals surface area contributed by atoms with E-state index in [-0.39, 0.29) is 61.5 Å². The average Bonchev–Trinajstić information content (AvgIpc) is 0.766. The Morgan fingerprint density at radius 1 is 0.357 bits per heavy atom. The Bertz CT molecular complexity index is 5670. The van der Waals surface area contributed by atoms with Gasteiger partial charge in [0.25, 0.3) is 0 Å². The van der Waals surface area contributed by atoms with Crippen LogP contribution in [0.3, 0.4) is 0 Å². The summed E-state index contributed by atoms with van der Waals surface area (Å²) in [6.45, 7) is 33.1.